The van der Waals surface area contributed by atoms with Crippen molar-refractivity contribution in [2.45, 2.75) is 45.2 Å². The normalized spacial score (nSPS) is 15.7. The first kappa shape index (κ1) is 15.4. The van der Waals surface area contributed by atoms with E-state index in [4.69, 9.17) is 10.8 Å². The molecule has 0 rings (SSSR count). The van der Waals surface area contributed by atoms with Gasteiger partial charge in [0.25, 0.3) is 0 Å². The molecule has 0 aromatic heterocycles. The lowest BCUT2D eigenvalue weighted by Gasteiger charge is -2.28. The molecule has 3 amide bonds. The lowest BCUT2D eigenvalue weighted by Crippen LogP contribution is -2.57. The maximum atomic E-state index is 11.4. The molecule has 0 aliphatic carbocycles. The molecule has 0 saturated carbocycles. The summed E-state index contributed by atoms with van der Waals surface area (Å²) in [5.41, 5.74) is 3.59. The Morgan fingerprint density at radius 2 is 1.94 bits per heavy atom. The molecule has 2 unspecified atom stereocenters. The first-order valence-corrected chi connectivity index (χ1v) is 5.34. The number of carbonyl (C=O) groups is 3. The van der Waals surface area contributed by atoms with Crippen molar-refractivity contribution in [2.75, 3.05) is 0 Å². The minimum absolute atomic E-state index is 0.372. The number of imide groups is 1. The van der Waals surface area contributed by atoms with E-state index < -0.39 is 29.5 Å². The Morgan fingerprint density at radius 3 is 2.29 bits per heavy atom. The fraction of sp³-hybridized carbons (Fsp3) is 0.700. The summed E-state index contributed by atoms with van der Waals surface area (Å²) in [6.45, 7) is 4.80. The molecule has 0 heterocycles. The summed E-state index contributed by atoms with van der Waals surface area (Å²) < 4.78 is 0. The number of carboxylic acids is 1. The summed E-state index contributed by atoms with van der Waals surface area (Å²) in [4.78, 5) is 33.0. The van der Waals surface area contributed by atoms with E-state index in [1.165, 1.54) is 13.8 Å². The highest BCUT2D eigenvalue weighted by atomic mass is 16.4. The van der Waals surface area contributed by atoms with E-state index in [-0.39, 0.29) is 0 Å². The second-order valence-electron chi connectivity index (χ2n) is 4.11. The summed E-state index contributed by atoms with van der Waals surface area (Å²) in [5, 5.41) is 13.7. The third-order valence-corrected chi connectivity index (χ3v) is 2.40. The van der Waals surface area contributed by atoms with Gasteiger partial charge in [-0.3, -0.25) is 20.2 Å². The Kier molecular flexibility index (Phi) is 5.60. The van der Waals surface area contributed by atoms with Gasteiger partial charge in [-0.1, -0.05) is 13.3 Å². The van der Waals surface area contributed by atoms with Crippen molar-refractivity contribution < 1.29 is 19.5 Å². The number of carboxylic acid groups (broad SMARTS) is 1. The molecule has 0 bridgehead atoms. The molecule has 0 aromatic rings. The van der Waals surface area contributed by atoms with Crippen molar-refractivity contribution in [2.24, 2.45) is 5.73 Å². The van der Waals surface area contributed by atoms with E-state index >= 15 is 0 Å². The molecule has 0 spiro atoms. The summed E-state index contributed by atoms with van der Waals surface area (Å²) in [7, 11) is 0. The molecular weight excluding hydrogens is 226 g/mol. The topological polar surface area (TPSA) is 122 Å². The largest absolute Gasteiger partial charge is 0.480 e. The SMILES string of the molecule is CCCC(C)(NC(C)C(=O)NC(N)=O)C(=O)O. The first-order valence-electron chi connectivity index (χ1n) is 5.34. The highest BCUT2D eigenvalue weighted by molar-refractivity contribution is 5.96. The van der Waals surface area contributed by atoms with E-state index in [1.807, 2.05) is 12.2 Å². The Morgan fingerprint density at radius 1 is 1.41 bits per heavy atom. The lowest BCUT2D eigenvalue weighted by molar-refractivity contribution is -0.145. The second-order valence-corrected chi connectivity index (χ2v) is 4.11. The van der Waals surface area contributed by atoms with Crippen LogP contribution >= 0.6 is 0 Å². The average molecular weight is 245 g/mol. The Labute approximate surface area is 99.7 Å². The molecule has 5 N–H and O–H groups in total. The van der Waals surface area contributed by atoms with Crippen LogP contribution < -0.4 is 16.4 Å². The Hall–Kier alpha value is -1.63. The monoisotopic (exact) mass is 245 g/mol. The lowest BCUT2D eigenvalue weighted by atomic mass is 9.95. The van der Waals surface area contributed by atoms with E-state index in [2.05, 4.69) is 5.32 Å². The minimum Gasteiger partial charge on any atom is -0.480 e. The Balaban J connectivity index is 4.61. The third kappa shape index (κ3) is 4.81. The molecule has 0 aliphatic heterocycles. The number of rotatable bonds is 6. The number of aliphatic carboxylic acids is 1. The zero-order chi connectivity index (χ0) is 13.6. The van der Waals surface area contributed by atoms with Crippen molar-refractivity contribution in [3.8, 4) is 0 Å². The van der Waals surface area contributed by atoms with Crippen molar-refractivity contribution >= 4 is 17.9 Å². The number of hydrogen-bond acceptors (Lipinski definition) is 4. The van der Waals surface area contributed by atoms with Crippen LogP contribution in [0.4, 0.5) is 4.79 Å². The smallest absolute Gasteiger partial charge is 0.323 e. The molecule has 0 fully saturated rings. The number of hydrogen-bond donors (Lipinski definition) is 4. The third-order valence-electron chi connectivity index (χ3n) is 2.40. The predicted molar refractivity (Wildman–Crippen MR) is 61.3 cm³/mol. The predicted octanol–water partition coefficient (Wildman–Crippen LogP) is -0.197. The zero-order valence-electron chi connectivity index (χ0n) is 10.2. The van der Waals surface area contributed by atoms with Crippen LogP contribution in [0.5, 0.6) is 0 Å². The molecule has 7 nitrogen and oxygen atoms in total. The number of carbonyl (C=O) groups excluding carboxylic acids is 2. The van der Waals surface area contributed by atoms with Crippen LogP contribution in [-0.4, -0.2) is 34.6 Å². The second kappa shape index (κ2) is 6.19. The van der Waals surface area contributed by atoms with E-state index in [0.717, 1.165) is 0 Å². The van der Waals surface area contributed by atoms with Crippen molar-refractivity contribution in [1.82, 2.24) is 10.6 Å². The van der Waals surface area contributed by atoms with Crippen LogP contribution in [0, 0.1) is 0 Å². The van der Waals surface area contributed by atoms with Gasteiger partial charge in [0.2, 0.25) is 5.91 Å². The fourth-order valence-electron chi connectivity index (χ4n) is 1.51. The van der Waals surface area contributed by atoms with Gasteiger partial charge in [0.1, 0.15) is 5.54 Å². The van der Waals surface area contributed by atoms with Crippen LogP contribution in [-0.2, 0) is 9.59 Å². The molecule has 0 aliphatic rings. The van der Waals surface area contributed by atoms with Gasteiger partial charge in [0.05, 0.1) is 6.04 Å². The van der Waals surface area contributed by atoms with E-state index in [1.54, 1.807) is 0 Å². The van der Waals surface area contributed by atoms with Gasteiger partial charge in [-0.2, -0.15) is 0 Å². The zero-order valence-corrected chi connectivity index (χ0v) is 10.2. The Bertz CT molecular complexity index is 319. The molecule has 2 atom stereocenters. The molecule has 17 heavy (non-hydrogen) atoms. The van der Waals surface area contributed by atoms with Crippen LogP contribution in [0.15, 0.2) is 0 Å². The highest BCUT2D eigenvalue weighted by Gasteiger charge is 2.34. The molecule has 98 valence electrons. The summed E-state index contributed by atoms with van der Waals surface area (Å²) in [6.07, 6.45) is 1.02. The first-order chi connectivity index (χ1) is 7.73. The number of nitrogens with one attached hydrogen (secondary N) is 2. The number of primary amides is 1. The maximum Gasteiger partial charge on any atom is 0.323 e. The van der Waals surface area contributed by atoms with Gasteiger partial charge in [0, 0.05) is 0 Å². The number of amides is 3. The average Bonchev–Trinajstić information content (AvgIpc) is 2.16. The molecule has 7 heteroatoms. The fourth-order valence-corrected chi connectivity index (χ4v) is 1.51. The van der Waals surface area contributed by atoms with Gasteiger partial charge < -0.3 is 10.8 Å². The number of nitrogens with two attached hydrogens (primary N) is 1. The van der Waals surface area contributed by atoms with Gasteiger partial charge in [-0.25, -0.2) is 4.79 Å². The van der Waals surface area contributed by atoms with Crippen LogP contribution in [0.3, 0.4) is 0 Å². The van der Waals surface area contributed by atoms with E-state index in [0.29, 0.717) is 12.8 Å². The van der Waals surface area contributed by atoms with Crippen molar-refractivity contribution in [3.05, 3.63) is 0 Å². The molecule has 0 radical (unpaired) electrons. The summed E-state index contributed by atoms with van der Waals surface area (Å²) in [6, 6.07) is -1.79. The molecular formula is C10H19N3O4. The minimum atomic E-state index is -1.21. The molecule has 0 saturated heterocycles. The number of urea groups is 1. The van der Waals surface area contributed by atoms with Gasteiger partial charge in [-0.05, 0) is 20.3 Å². The van der Waals surface area contributed by atoms with Crippen LogP contribution in [0.1, 0.15) is 33.6 Å². The van der Waals surface area contributed by atoms with Crippen LogP contribution in [0.25, 0.3) is 0 Å². The van der Waals surface area contributed by atoms with Crippen LogP contribution in [0.2, 0.25) is 0 Å². The van der Waals surface area contributed by atoms with Crippen molar-refractivity contribution in [3.63, 3.8) is 0 Å². The standard InChI is InChI=1S/C10H19N3O4/c1-4-5-10(3,8(15)16)13-6(2)7(14)12-9(11)17/h6,13H,4-5H2,1-3H3,(H,15,16)(H3,11,12,14,17). The van der Waals surface area contributed by atoms with Gasteiger partial charge in [-0.15, -0.1) is 0 Å². The summed E-state index contributed by atoms with van der Waals surface area (Å²) in [5.74, 6) is -1.70. The highest BCUT2D eigenvalue weighted by Crippen LogP contribution is 2.13. The van der Waals surface area contributed by atoms with Crippen molar-refractivity contribution in [1.29, 1.82) is 0 Å². The van der Waals surface area contributed by atoms with Gasteiger partial charge >= 0.3 is 12.0 Å². The summed E-state index contributed by atoms with van der Waals surface area (Å²) >= 11 is 0. The quantitative estimate of drug-likeness (QED) is 0.516. The molecule has 0 aromatic carbocycles. The van der Waals surface area contributed by atoms with E-state index in [9.17, 15) is 14.4 Å². The van der Waals surface area contributed by atoms with Gasteiger partial charge in [0.15, 0.2) is 0 Å². The maximum absolute atomic E-state index is 11.4.